The first kappa shape index (κ1) is 21.7. The van der Waals surface area contributed by atoms with Crippen molar-refractivity contribution in [1.29, 1.82) is 0 Å². The molecule has 1 heterocycles. The van der Waals surface area contributed by atoms with Crippen molar-refractivity contribution in [3.8, 4) is 11.5 Å². The number of pyridine rings is 1. The fourth-order valence-electron chi connectivity index (χ4n) is 3.91. The average molecular weight is 412 g/mol. The van der Waals surface area contributed by atoms with Crippen LogP contribution in [0.15, 0.2) is 66.9 Å². The summed E-state index contributed by atoms with van der Waals surface area (Å²) in [5.41, 5.74) is 8.39. The van der Waals surface area contributed by atoms with E-state index < -0.39 is 13.5 Å². The van der Waals surface area contributed by atoms with Crippen LogP contribution in [0.1, 0.15) is 40.4 Å². The Labute approximate surface area is 181 Å². The van der Waals surface area contributed by atoms with Crippen molar-refractivity contribution in [2.45, 2.75) is 45.8 Å². The second kappa shape index (κ2) is 8.42. The number of aromatic nitrogens is 1. The van der Waals surface area contributed by atoms with E-state index in [0.29, 0.717) is 0 Å². The van der Waals surface area contributed by atoms with E-state index in [-0.39, 0.29) is 5.78 Å². The van der Waals surface area contributed by atoms with Crippen molar-refractivity contribution in [3.63, 3.8) is 0 Å². The van der Waals surface area contributed by atoms with E-state index in [1.54, 1.807) is 13.1 Å². The summed E-state index contributed by atoms with van der Waals surface area (Å²) in [4.78, 5) is 17.8. The average Bonchev–Trinajstić information content (AvgIpc) is 2.68. The van der Waals surface area contributed by atoms with Crippen LogP contribution in [0.3, 0.4) is 0 Å². The Morgan fingerprint density at radius 2 is 1.60 bits per heavy atom. The van der Waals surface area contributed by atoms with Gasteiger partial charge in [-0.2, -0.15) is 0 Å². The third kappa shape index (κ3) is 4.29. The van der Waals surface area contributed by atoms with Gasteiger partial charge in [-0.15, -0.1) is 5.54 Å². The Kier molecular flexibility index (Phi) is 6.10. The van der Waals surface area contributed by atoms with Crippen LogP contribution in [-0.2, 0) is 10.2 Å². The molecule has 2 nitrogen and oxygen atoms in total. The molecule has 1 aromatic heterocycles. The quantitative estimate of drug-likeness (QED) is 0.398. The topological polar surface area (TPSA) is 30.0 Å². The third-order valence-corrected chi connectivity index (χ3v) is 6.18. The number of carbonyl (C=O) groups is 1. The molecule has 0 bridgehead atoms. The number of hydrogen-bond donors (Lipinski definition) is 0. The number of carbonyl (C=O) groups excluding carboxylic acids is 1. The van der Waals surface area contributed by atoms with Crippen LogP contribution in [0, 0.1) is 25.3 Å². The number of nitrogens with zero attached hydrogens (tertiary/aromatic N) is 1. The first-order valence-corrected chi connectivity index (χ1v) is 13.8. The highest BCUT2D eigenvalue weighted by molar-refractivity contribution is 6.83. The van der Waals surface area contributed by atoms with E-state index in [2.05, 4.69) is 67.3 Å². The molecule has 0 N–H and O–H groups in total. The van der Waals surface area contributed by atoms with Gasteiger partial charge in [0.05, 0.1) is 0 Å². The van der Waals surface area contributed by atoms with E-state index in [1.807, 2.05) is 43.3 Å². The van der Waals surface area contributed by atoms with Crippen LogP contribution >= 0.6 is 0 Å². The highest BCUT2D eigenvalue weighted by Crippen LogP contribution is 2.41. The fraction of sp³-hybridized carbons (Fsp3) is 0.259. The first-order chi connectivity index (χ1) is 14.1. The molecule has 3 aromatic rings. The lowest BCUT2D eigenvalue weighted by molar-refractivity contribution is -0.119. The first-order valence-electron chi connectivity index (χ1n) is 10.3. The van der Waals surface area contributed by atoms with Crippen LogP contribution in [0.5, 0.6) is 0 Å². The molecule has 0 aliphatic carbocycles. The van der Waals surface area contributed by atoms with Gasteiger partial charge in [-0.3, -0.25) is 9.78 Å². The molecule has 0 amide bonds. The molecule has 0 aliphatic rings. The summed E-state index contributed by atoms with van der Waals surface area (Å²) in [6, 6.07) is 20.3. The van der Waals surface area contributed by atoms with Gasteiger partial charge in [0.15, 0.2) is 0 Å². The van der Waals surface area contributed by atoms with E-state index in [1.165, 1.54) is 0 Å². The van der Waals surface area contributed by atoms with Crippen molar-refractivity contribution in [2.24, 2.45) is 0 Å². The van der Waals surface area contributed by atoms with E-state index in [4.69, 9.17) is 0 Å². The van der Waals surface area contributed by atoms with Gasteiger partial charge in [-0.05, 0) is 67.3 Å². The van der Waals surface area contributed by atoms with Crippen molar-refractivity contribution in [2.75, 3.05) is 0 Å². The van der Waals surface area contributed by atoms with Crippen LogP contribution in [0.2, 0.25) is 19.6 Å². The SMILES string of the molecule is CC(=O)[C@](c1ccc(C#C[Si](C)(C)C)cc1)(c1ccnc(C)c1)c1ccccc1C. The van der Waals surface area contributed by atoms with Gasteiger partial charge in [-0.1, -0.05) is 62.0 Å². The molecule has 0 spiro atoms. The minimum absolute atomic E-state index is 0.0864. The molecule has 0 unspecified atom stereocenters. The molecule has 3 heteroatoms. The van der Waals surface area contributed by atoms with E-state index >= 15 is 0 Å². The second-order valence-electron chi connectivity index (χ2n) is 8.88. The van der Waals surface area contributed by atoms with E-state index in [0.717, 1.165) is 33.5 Å². The lowest BCUT2D eigenvalue weighted by atomic mass is 9.66. The second-order valence-corrected chi connectivity index (χ2v) is 13.6. The highest BCUT2D eigenvalue weighted by atomic mass is 28.3. The van der Waals surface area contributed by atoms with Gasteiger partial charge < -0.3 is 0 Å². The summed E-state index contributed by atoms with van der Waals surface area (Å²) in [6.07, 6.45) is 1.79. The number of Topliss-reactive ketones (excluding diaryl/α,β-unsaturated/α-hetero) is 1. The molecule has 0 saturated carbocycles. The number of benzene rings is 2. The Morgan fingerprint density at radius 3 is 2.17 bits per heavy atom. The standard InChI is InChI=1S/C27H29NOSi/c1-20-9-7-8-10-26(20)27(22(3)29,25-15-17-28-21(2)19-25)24-13-11-23(12-14-24)16-18-30(4,5)6/h7-15,17,19H,1-6H3/t27-/m0/s1. The predicted molar refractivity (Wildman–Crippen MR) is 127 cm³/mol. The monoisotopic (exact) mass is 411 g/mol. The van der Waals surface area contributed by atoms with E-state index in [9.17, 15) is 4.79 Å². The van der Waals surface area contributed by atoms with Crippen LogP contribution < -0.4 is 0 Å². The molecular formula is C27H29NOSi. The Balaban J connectivity index is 2.28. The number of aryl methyl sites for hydroxylation is 2. The maximum atomic E-state index is 13.4. The Bertz CT molecular complexity index is 1130. The summed E-state index contributed by atoms with van der Waals surface area (Å²) in [6.45, 7) is 12.4. The zero-order valence-electron chi connectivity index (χ0n) is 18.7. The summed E-state index contributed by atoms with van der Waals surface area (Å²) in [5.74, 6) is 3.40. The van der Waals surface area contributed by atoms with Gasteiger partial charge in [0.1, 0.15) is 19.3 Å². The Morgan fingerprint density at radius 1 is 0.933 bits per heavy atom. The summed E-state index contributed by atoms with van der Waals surface area (Å²) >= 11 is 0. The summed E-state index contributed by atoms with van der Waals surface area (Å²) in [5, 5.41) is 0. The van der Waals surface area contributed by atoms with Crippen molar-refractivity contribution >= 4 is 13.9 Å². The van der Waals surface area contributed by atoms with Gasteiger partial charge in [0.2, 0.25) is 0 Å². The van der Waals surface area contributed by atoms with Crippen LogP contribution in [0.25, 0.3) is 0 Å². The fourth-order valence-corrected chi connectivity index (χ4v) is 4.43. The number of rotatable bonds is 4. The molecular weight excluding hydrogens is 382 g/mol. The normalized spacial score (nSPS) is 13.1. The number of hydrogen-bond acceptors (Lipinski definition) is 2. The molecule has 1 atom stereocenters. The maximum absolute atomic E-state index is 13.4. The van der Waals surface area contributed by atoms with Gasteiger partial charge >= 0.3 is 0 Å². The molecule has 152 valence electrons. The molecule has 30 heavy (non-hydrogen) atoms. The molecule has 0 radical (unpaired) electrons. The maximum Gasteiger partial charge on any atom is 0.149 e. The zero-order chi connectivity index (χ0) is 21.9. The van der Waals surface area contributed by atoms with Gasteiger partial charge in [-0.25, -0.2) is 0 Å². The zero-order valence-corrected chi connectivity index (χ0v) is 19.7. The third-order valence-electron chi connectivity index (χ3n) is 5.31. The van der Waals surface area contributed by atoms with Crippen molar-refractivity contribution in [3.05, 3.63) is 100 Å². The van der Waals surface area contributed by atoms with Gasteiger partial charge in [0, 0.05) is 17.5 Å². The lowest BCUT2D eigenvalue weighted by Gasteiger charge is -2.34. The minimum atomic E-state index is -1.45. The van der Waals surface area contributed by atoms with Crippen molar-refractivity contribution in [1.82, 2.24) is 4.98 Å². The van der Waals surface area contributed by atoms with Gasteiger partial charge in [0.25, 0.3) is 0 Å². The largest absolute Gasteiger partial charge is 0.298 e. The number of ketones is 1. The molecule has 2 aromatic carbocycles. The smallest absolute Gasteiger partial charge is 0.149 e. The minimum Gasteiger partial charge on any atom is -0.298 e. The predicted octanol–water partition coefficient (Wildman–Crippen LogP) is 5.85. The molecule has 0 fully saturated rings. The molecule has 3 rings (SSSR count). The molecule has 0 saturated heterocycles. The summed E-state index contributed by atoms with van der Waals surface area (Å²) in [7, 11) is -1.45. The highest BCUT2D eigenvalue weighted by Gasteiger charge is 2.42. The lowest BCUT2D eigenvalue weighted by Crippen LogP contribution is -2.37. The summed E-state index contributed by atoms with van der Waals surface area (Å²) < 4.78 is 0. The Hall–Kier alpha value is -2.96. The van der Waals surface area contributed by atoms with Crippen LogP contribution in [-0.4, -0.2) is 18.8 Å². The van der Waals surface area contributed by atoms with Crippen molar-refractivity contribution < 1.29 is 4.79 Å². The molecule has 0 aliphatic heterocycles. The van der Waals surface area contributed by atoms with Crippen LogP contribution in [0.4, 0.5) is 0 Å².